The van der Waals surface area contributed by atoms with E-state index in [4.69, 9.17) is 4.74 Å². The maximum Gasteiger partial charge on any atom is 0.311 e. The molecular formula is C23H24N4O3. The summed E-state index contributed by atoms with van der Waals surface area (Å²) < 4.78 is 7.14. The Morgan fingerprint density at radius 2 is 1.97 bits per heavy atom. The van der Waals surface area contributed by atoms with Crippen molar-refractivity contribution in [2.75, 3.05) is 20.2 Å². The second kappa shape index (κ2) is 7.57. The molecule has 1 aromatic carbocycles. The quantitative estimate of drug-likeness (QED) is 0.624. The van der Waals surface area contributed by atoms with Gasteiger partial charge in [-0.3, -0.25) is 14.5 Å². The molecule has 4 heterocycles. The number of ether oxygens (including phenoxy) is 1. The van der Waals surface area contributed by atoms with Crippen LogP contribution in [0.4, 0.5) is 0 Å². The third-order valence-electron chi connectivity index (χ3n) is 6.24. The fourth-order valence-electron chi connectivity index (χ4n) is 4.98. The predicted molar refractivity (Wildman–Crippen MR) is 110 cm³/mol. The smallest absolute Gasteiger partial charge is 0.311 e. The number of imidazole rings is 1. The topological polar surface area (TPSA) is 67.2 Å². The first-order chi connectivity index (χ1) is 14.7. The molecule has 3 aromatic rings. The summed E-state index contributed by atoms with van der Waals surface area (Å²) in [5.41, 5.74) is 2.93. The lowest BCUT2D eigenvalue weighted by molar-refractivity contribution is -0.147. The fourth-order valence-corrected chi connectivity index (χ4v) is 4.98. The summed E-state index contributed by atoms with van der Waals surface area (Å²) in [6, 6.07) is 15.4. The van der Waals surface area contributed by atoms with Crippen LogP contribution in [0.25, 0.3) is 5.65 Å². The molecule has 2 fully saturated rings. The lowest BCUT2D eigenvalue weighted by Gasteiger charge is -2.40. The fraction of sp³-hybridized carbons (Fsp3) is 0.348. The molecule has 7 nitrogen and oxygen atoms in total. The van der Waals surface area contributed by atoms with Gasteiger partial charge in [-0.25, -0.2) is 4.98 Å². The van der Waals surface area contributed by atoms with E-state index in [1.54, 1.807) is 0 Å². The maximum atomic E-state index is 13.2. The van der Waals surface area contributed by atoms with E-state index in [1.165, 1.54) is 7.11 Å². The van der Waals surface area contributed by atoms with E-state index in [2.05, 4.69) is 14.3 Å². The molecule has 2 aliphatic heterocycles. The van der Waals surface area contributed by atoms with E-state index in [0.717, 1.165) is 23.4 Å². The Bertz CT molecular complexity index is 1080. The van der Waals surface area contributed by atoms with Gasteiger partial charge in [-0.2, -0.15) is 0 Å². The third-order valence-corrected chi connectivity index (χ3v) is 6.24. The van der Waals surface area contributed by atoms with Gasteiger partial charge in [0.25, 0.3) is 0 Å². The Labute approximate surface area is 174 Å². The molecule has 2 saturated heterocycles. The highest BCUT2D eigenvalue weighted by Gasteiger charge is 2.50. The second-order valence-electron chi connectivity index (χ2n) is 8.02. The van der Waals surface area contributed by atoms with Crippen molar-refractivity contribution in [3.8, 4) is 0 Å². The molecule has 0 unspecified atom stereocenters. The Kier molecular flexibility index (Phi) is 4.75. The van der Waals surface area contributed by atoms with Crippen molar-refractivity contribution < 1.29 is 14.3 Å². The van der Waals surface area contributed by atoms with Gasteiger partial charge in [0.1, 0.15) is 5.65 Å². The zero-order chi connectivity index (χ0) is 20.7. The highest BCUT2D eigenvalue weighted by Crippen LogP contribution is 2.43. The van der Waals surface area contributed by atoms with Gasteiger partial charge in [0.05, 0.1) is 37.5 Å². The molecule has 7 heteroatoms. The molecule has 2 aromatic heterocycles. The molecule has 0 aliphatic carbocycles. The molecule has 2 aliphatic rings. The van der Waals surface area contributed by atoms with Crippen molar-refractivity contribution in [2.24, 2.45) is 5.92 Å². The van der Waals surface area contributed by atoms with E-state index >= 15 is 0 Å². The predicted octanol–water partition coefficient (Wildman–Crippen LogP) is 2.28. The van der Waals surface area contributed by atoms with Gasteiger partial charge in [0.15, 0.2) is 0 Å². The minimum atomic E-state index is -0.345. The number of benzene rings is 1. The Morgan fingerprint density at radius 1 is 1.17 bits per heavy atom. The first-order valence-electron chi connectivity index (χ1n) is 10.2. The Morgan fingerprint density at radius 3 is 2.77 bits per heavy atom. The van der Waals surface area contributed by atoms with Crippen LogP contribution in [0.2, 0.25) is 0 Å². The van der Waals surface area contributed by atoms with Crippen LogP contribution in [0.15, 0.2) is 60.9 Å². The summed E-state index contributed by atoms with van der Waals surface area (Å²) >= 11 is 0. The monoisotopic (exact) mass is 404 g/mol. The standard InChI is InChI=1S/C23H24N4O3/c1-30-23(29)19-11-17-13-25(14-18-12-24-20-9-5-6-10-26(18)20)15-21(28)27(17)22(19)16-7-3-2-4-8-16/h2-10,12,17,19,22H,11,13-15H2,1H3/t17-,19-,22-/m0/s1. The Balaban J connectivity index is 1.41. The lowest BCUT2D eigenvalue weighted by Crippen LogP contribution is -2.54. The summed E-state index contributed by atoms with van der Waals surface area (Å²) in [6.45, 7) is 1.69. The van der Waals surface area contributed by atoms with Crippen LogP contribution in [0.1, 0.15) is 23.7 Å². The number of amides is 1. The average molecular weight is 404 g/mol. The molecule has 0 spiro atoms. The van der Waals surface area contributed by atoms with Crippen molar-refractivity contribution in [1.82, 2.24) is 19.2 Å². The number of methoxy groups -OCH3 is 1. The third kappa shape index (κ3) is 3.15. The molecule has 154 valence electrons. The van der Waals surface area contributed by atoms with Crippen molar-refractivity contribution in [1.29, 1.82) is 0 Å². The van der Waals surface area contributed by atoms with Crippen LogP contribution in [-0.4, -0.2) is 57.3 Å². The van der Waals surface area contributed by atoms with Crippen LogP contribution in [0.3, 0.4) is 0 Å². The highest BCUT2D eigenvalue weighted by atomic mass is 16.5. The van der Waals surface area contributed by atoms with E-state index < -0.39 is 0 Å². The minimum absolute atomic E-state index is 0.0141. The molecule has 30 heavy (non-hydrogen) atoms. The molecule has 0 radical (unpaired) electrons. The highest BCUT2D eigenvalue weighted by molar-refractivity contribution is 5.83. The van der Waals surface area contributed by atoms with Gasteiger partial charge in [-0.15, -0.1) is 0 Å². The minimum Gasteiger partial charge on any atom is -0.469 e. The van der Waals surface area contributed by atoms with E-state index in [9.17, 15) is 9.59 Å². The van der Waals surface area contributed by atoms with Gasteiger partial charge < -0.3 is 14.0 Å². The summed E-state index contributed by atoms with van der Waals surface area (Å²) in [5.74, 6) is -0.540. The van der Waals surface area contributed by atoms with E-state index in [-0.39, 0.29) is 29.9 Å². The number of esters is 1. The van der Waals surface area contributed by atoms with Crippen LogP contribution >= 0.6 is 0 Å². The molecule has 0 saturated carbocycles. The average Bonchev–Trinajstić information content (AvgIpc) is 3.36. The van der Waals surface area contributed by atoms with Crippen LogP contribution in [0, 0.1) is 5.92 Å². The molecule has 0 N–H and O–H groups in total. The molecule has 3 atom stereocenters. The van der Waals surface area contributed by atoms with E-state index in [0.29, 0.717) is 19.5 Å². The number of carbonyl (C=O) groups is 2. The van der Waals surface area contributed by atoms with Crippen molar-refractivity contribution in [3.05, 3.63) is 72.2 Å². The SMILES string of the molecule is COC(=O)[C@H]1C[C@H]2CN(Cc3cnc4ccccn34)CC(=O)N2[C@H]1c1ccccc1. The van der Waals surface area contributed by atoms with Crippen molar-refractivity contribution in [3.63, 3.8) is 0 Å². The van der Waals surface area contributed by atoms with Gasteiger partial charge >= 0.3 is 5.97 Å². The Hall–Kier alpha value is -3.19. The maximum absolute atomic E-state index is 13.2. The van der Waals surface area contributed by atoms with Gasteiger partial charge in [-0.05, 0) is 24.1 Å². The number of hydrogen-bond acceptors (Lipinski definition) is 5. The number of nitrogens with zero attached hydrogens (tertiary/aromatic N) is 4. The molecule has 1 amide bonds. The number of fused-ring (bicyclic) bond motifs is 2. The lowest BCUT2D eigenvalue weighted by atomic mass is 9.93. The normalized spacial score (nSPS) is 24.2. The number of hydrogen-bond donors (Lipinski definition) is 0. The van der Waals surface area contributed by atoms with Gasteiger partial charge in [0.2, 0.25) is 5.91 Å². The van der Waals surface area contributed by atoms with E-state index in [1.807, 2.05) is 65.8 Å². The largest absolute Gasteiger partial charge is 0.469 e. The van der Waals surface area contributed by atoms with Crippen LogP contribution in [0.5, 0.6) is 0 Å². The molecule has 5 rings (SSSR count). The number of carbonyl (C=O) groups excluding carboxylic acids is 2. The van der Waals surface area contributed by atoms with Gasteiger partial charge in [0, 0.05) is 25.3 Å². The molecule has 0 bridgehead atoms. The zero-order valence-corrected chi connectivity index (χ0v) is 16.8. The number of rotatable bonds is 4. The number of aromatic nitrogens is 2. The summed E-state index contributed by atoms with van der Waals surface area (Å²) in [7, 11) is 1.42. The summed E-state index contributed by atoms with van der Waals surface area (Å²) in [4.78, 5) is 34.3. The number of piperazine rings is 1. The van der Waals surface area contributed by atoms with Crippen molar-refractivity contribution >= 4 is 17.5 Å². The second-order valence-corrected chi connectivity index (χ2v) is 8.02. The van der Waals surface area contributed by atoms with Crippen LogP contribution < -0.4 is 0 Å². The first kappa shape index (κ1) is 18.8. The zero-order valence-electron chi connectivity index (χ0n) is 16.8. The number of pyridine rings is 1. The summed E-state index contributed by atoms with van der Waals surface area (Å²) in [6.07, 6.45) is 4.47. The molecular weight excluding hydrogens is 380 g/mol. The van der Waals surface area contributed by atoms with Crippen LogP contribution in [-0.2, 0) is 20.9 Å². The van der Waals surface area contributed by atoms with Gasteiger partial charge in [-0.1, -0.05) is 36.4 Å². The first-order valence-corrected chi connectivity index (χ1v) is 10.2. The van der Waals surface area contributed by atoms with Crippen molar-refractivity contribution in [2.45, 2.75) is 25.0 Å². The summed E-state index contributed by atoms with van der Waals surface area (Å²) in [5, 5.41) is 0.